The van der Waals surface area contributed by atoms with E-state index < -0.39 is 0 Å². The monoisotopic (exact) mass is 279 g/mol. The van der Waals surface area contributed by atoms with Gasteiger partial charge >= 0.3 is 0 Å². The molecule has 1 aromatic carbocycles. The quantitative estimate of drug-likeness (QED) is 0.837. The van der Waals surface area contributed by atoms with Crippen LogP contribution in [0, 0.1) is 0 Å². The van der Waals surface area contributed by atoms with Gasteiger partial charge in [-0.2, -0.15) is 0 Å². The summed E-state index contributed by atoms with van der Waals surface area (Å²) in [4.78, 5) is 11.0. The number of carbonyl (C=O) groups is 1. The molecule has 0 unspecified atom stereocenters. The number of nitrogens with zero attached hydrogens (tertiary/aromatic N) is 3. The average Bonchev–Trinajstić information content (AvgIpc) is 2.86. The van der Waals surface area contributed by atoms with E-state index in [1.165, 1.54) is 0 Å². The fourth-order valence-corrected chi connectivity index (χ4v) is 1.66. The van der Waals surface area contributed by atoms with Gasteiger partial charge in [-0.3, -0.25) is 4.79 Å². The SMILES string of the molecule is NCC(=O)NCc1cn(Cc2ccc(Cl)cc2)nn1. The van der Waals surface area contributed by atoms with E-state index in [0.29, 0.717) is 23.8 Å². The Bertz CT molecular complexity index is 552. The van der Waals surface area contributed by atoms with Crippen LogP contribution in [0.15, 0.2) is 30.5 Å². The molecule has 1 heterocycles. The molecular weight excluding hydrogens is 266 g/mol. The van der Waals surface area contributed by atoms with Crippen molar-refractivity contribution in [2.24, 2.45) is 5.73 Å². The summed E-state index contributed by atoms with van der Waals surface area (Å²) in [6, 6.07) is 7.52. The summed E-state index contributed by atoms with van der Waals surface area (Å²) in [6.45, 7) is 0.907. The fraction of sp³-hybridized carbons (Fsp3) is 0.250. The van der Waals surface area contributed by atoms with Gasteiger partial charge in [0.15, 0.2) is 0 Å². The Morgan fingerprint density at radius 3 is 2.79 bits per heavy atom. The van der Waals surface area contributed by atoms with Crippen molar-refractivity contribution >= 4 is 17.5 Å². The van der Waals surface area contributed by atoms with E-state index in [1.807, 2.05) is 24.3 Å². The number of halogens is 1. The Morgan fingerprint density at radius 1 is 1.37 bits per heavy atom. The minimum absolute atomic E-state index is 0.0289. The second-order valence-corrected chi connectivity index (χ2v) is 4.45. The third-order valence-electron chi connectivity index (χ3n) is 2.50. The predicted octanol–water partition coefficient (Wildman–Crippen LogP) is 0.555. The maximum Gasteiger partial charge on any atom is 0.234 e. The first-order valence-electron chi connectivity index (χ1n) is 5.77. The van der Waals surface area contributed by atoms with Crippen LogP contribution >= 0.6 is 11.6 Å². The molecule has 0 aliphatic heterocycles. The van der Waals surface area contributed by atoms with Gasteiger partial charge < -0.3 is 11.1 Å². The van der Waals surface area contributed by atoms with Gasteiger partial charge in [-0.1, -0.05) is 28.9 Å². The normalized spacial score (nSPS) is 10.4. The molecule has 3 N–H and O–H groups in total. The highest BCUT2D eigenvalue weighted by atomic mass is 35.5. The topological polar surface area (TPSA) is 85.8 Å². The standard InChI is InChI=1S/C12H14ClN5O/c13-10-3-1-9(2-4-10)7-18-8-11(16-17-18)6-15-12(19)5-14/h1-4,8H,5-7,14H2,(H,15,19). The number of carbonyl (C=O) groups excluding carboxylic acids is 1. The molecule has 0 radical (unpaired) electrons. The van der Waals surface area contributed by atoms with Crippen LogP contribution in [0.3, 0.4) is 0 Å². The zero-order chi connectivity index (χ0) is 13.7. The van der Waals surface area contributed by atoms with Crippen LogP contribution in [0.25, 0.3) is 0 Å². The van der Waals surface area contributed by atoms with Gasteiger partial charge in [0, 0.05) is 5.02 Å². The van der Waals surface area contributed by atoms with Crippen LogP contribution in [0.2, 0.25) is 5.02 Å². The van der Waals surface area contributed by atoms with Crippen molar-refractivity contribution in [2.75, 3.05) is 6.54 Å². The maximum atomic E-state index is 11.0. The zero-order valence-electron chi connectivity index (χ0n) is 10.2. The largest absolute Gasteiger partial charge is 0.349 e. The summed E-state index contributed by atoms with van der Waals surface area (Å²) in [7, 11) is 0. The number of aromatic nitrogens is 3. The molecule has 0 saturated heterocycles. The van der Waals surface area contributed by atoms with Crippen molar-refractivity contribution in [1.29, 1.82) is 0 Å². The van der Waals surface area contributed by atoms with Gasteiger partial charge in [-0.15, -0.1) is 5.10 Å². The average molecular weight is 280 g/mol. The van der Waals surface area contributed by atoms with Crippen molar-refractivity contribution < 1.29 is 4.79 Å². The Labute approximate surface area is 115 Å². The van der Waals surface area contributed by atoms with Gasteiger partial charge in [0.1, 0.15) is 5.69 Å². The molecule has 0 aliphatic rings. The molecule has 0 fully saturated rings. The molecule has 0 spiro atoms. The number of nitrogens with one attached hydrogen (secondary N) is 1. The number of hydrogen-bond donors (Lipinski definition) is 2. The number of rotatable bonds is 5. The highest BCUT2D eigenvalue weighted by Gasteiger charge is 2.03. The predicted molar refractivity (Wildman–Crippen MR) is 71.5 cm³/mol. The number of hydrogen-bond acceptors (Lipinski definition) is 4. The summed E-state index contributed by atoms with van der Waals surface area (Å²) in [5.74, 6) is -0.216. The molecule has 19 heavy (non-hydrogen) atoms. The van der Waals surface area contributed by atoms with Crippen LogP contribution in [-0.4, -0.2) is 27.4 Å². The van der Waals surface area contributed by atoms with Crippen LogP contribution in [0.4, 0.5) is 0 Å². The van der Waals surface area contributed by atoms with Gasteiger partial charge in [0.2, 0.25) is 5.91 Å². The van der Waals surface area contributed by atoms with Crippen molar-refractivity contribution in [3.8, 4) is 0 Å². The lowest BCUT2D eigenvalue weighted by Gasteiger charge is -2.01. The van der Waals surface area contributed by atoms with E-state index in [0.717, 1.165) is 5.56 Å². The molecule has 2 aromatic rings. The summed E-state index contributed by atoms with van der Waals surface area (Å²) < 4.78 is 1.70. The summed E-state index contributed by atoms with van der Waals surface area (Å²) in [6.07, 6.45) is 1.78. The van der Waals surface area contributed by atoms with Gasteiger partial charge in [-0.25, -0.2) is 4.68 Å². The Balaban J connectivity index is 1.93. The lowest BCUT2D eigenvalue weighted by Crippen LogP contribution is -2.29. The number of nitrogens with two attached hydrogens (primary N) is 1. The molecule has 0 atom stereocenters. The van der Waals surface area contributed by atoms with Crippen molar-refractivity contribution in [2.45, 2.75) is 13.1 Å². The van der Waals surface area contributed by atoms with Crippen LogP contribution < -0.4 is 11.1 Å². The fourth-order valence-electron chi connectivity index (χ4n) is 1.53. The second-order valence-electron chi connectivity index (χ2n) is 4.01. The highest BCUT2D eigenvalue weighted by Crippen LogP contribution is 2.10. The summed E-state index contributed by atoms with van der Waals surface area (Å²) in [5, 5.41) is 11.3. The van der Waals surface area contributed by atoms with Crippen molar-refractivity contribution in [3.05, 3.63) is 46.7 Å². The summed E-state index contributed by atoms with van der Waals surface area (Å²) in [5.41, 5.74) is 6.96. The Kier molecular flexibility index (Phi) is 4.48. The minimum Gasteiger partial charge on any atom is -0.349 e. The Hall–Kier alpha value is -1.92. The molecule has 0 saturated carbocycles. The van der Waals surface area contributed by atoms with E-state index in [1.54, 1.807) is 10.9 Å². The molecule has 1 amide bonds. The van der Waals surface area contributed by atoms with Gasteiger partial charge in [-0.05, 0) is 17.7 Å². The third-order valence-corrected chi connectivity index (χ3v) is 2.75. The Morgan fingerprint density at radius 2 is 2.11 bits per heavy atom. The van der Waals surface area contributed by atoms with E-state index in [2.05, 4.69) is 15.6 Å². The van der Waals surface area contributed by atoms with Crippen LogP contribution in [-0.2, 0) is 17.9 Å². The van der Waals surface area contributed by atoms with E-state index >= 15 is 0 Å². The van der Waals surface area contributed by atoms with E-state index in [4.69, 9.17) is 17.3 Å². The summed E-state index contributed by atoms with van der Waals surface area (Å²) >= 11 is 5.82. The molecule has 2 rings (SSSR count). The van der Waals surface area contributed by atoms with Gasteiger partial charge in [0.25, 0.3) is 0 Å². The molecule has 100 valence electrons. The molecular formula is C12H14ClN5O. The van der Waals surface area contributed by atoms with Crippen molar-refractivity contribution in [1.82, 2.24) is 20.3 Å². The smallest absolute Gasteiger partial charge is 0.234 e. The van der Waals surface area contributed by atoms with Crippen LogP contribution in [0.1, 0.15) is 11.3 Å². The molecule has 7 heteroatoms. The minimum atomic E-state index is -0.216. The van der Waals surface area contributed by atoms with Gasteiger partial charge in [0.05, 0.1) is 25.8 Å². The first-order chi connectivity index (χ1) is 9.17. The lowest BCUT2D eigenvalue weighted by molar-refractivity contribution is -0.119. The molecule has 6 nitrogen and oxygen atoms in total. The second kappa shape index (κ2) is 6.31. The number of amides is 1. The highest BCUT2D eigenvalue weighted by molar-refractivity contribution is 6.30. The third kappa shape index (κ3) is 4.04. The lowest BCUT2D eigenvalue weighted by atomic mass is 10.2. The zero-order valence-corrected chi connectivity index (χ0v) is 11.0. The number of benzene rings is 1. The van der Waals surface area contributed by atoms with E-state index in [9.17, 15) is 4.79 Å². The first-order valence-corrected chi connectivity index (χ1v) is 6.15. The van der Waals surface area contributed by atoms with E-state index in [-0.39, 0.29) is 12.5 Å². The molecule has 1 aromatic heterocycles. The van der Waals surface area contributed by atoms with Crippen LogP contribution in [0.5, 0.6) is 0 Å². The first kappa shape index (κ1) is 13.5. The molecule has 0 aliphatic carbocycles. The maximum absolute atomic E-state index is 11.0. The molecule has 0 bridgehead atoms. The van der Waals surface area contributed by atoms with Crippen molar-refractivity contribution in [3.63, 3.8) is 0 Å².